The standard InChI is InChI=1S/C17H22F2N2O2/c1-21(2)16-15(12-7-8-23-17(12)16)20-14(22)6-4-10-3-5-11(18)9-13(10)19/h3,5,9,12,15-17H,4,6-8H2,1-2H3,(H,20,22)/t12-,15+,16-,17-/m1/s1. The lowest BCUT2D eigenvalue weighted by Crippen LogP contribution is -2.69. The van der Waals surface area contributed by atoms with Crippen LogP contribution in [-0.4, -0.2) is 49.7 Å². The summed E-state index contributed by atoms with van der Waals surface area (Å²) < 4.78 is 32.2. The molecule has 0 radical (unpaired) electrons. The van der Waals surface area contributed by atoms with Crippen LogP contribution in [0.4, 0.5) is 8.78 Å². The van der Waals surface area contributed by atoms with E-state index in [1.54, 1.807) is 0 Å². The third kappa shape index (κ3) is 3.23. The average molecular weight is 324 g/mol. The number of benzene rings is 1. The molecule has 1 saturated carbocycles. The first-order valence-corrected chi connectivity index (χ1v) is 7.98. The van der Waals surface area contributed by atoms with Crippen molar-refractivity contribution in [2.45, 2.75) is 37.5 Å². The van der Waals surface area contributed by atoms with Crippen LogP contribution in [0.3, 0.4) is 0 Å². The molecular formula is C17H22F2N2O2. The van der Waals surface area contributed by atoms with E-state index in [1.807, 2.05) is 14.1 Å². The van der Waals surface area contributed by atoms with Crippen LogP contribution >= 0.6 is 0 Å². The van der Waals surface area contributed by atoms with E-state index in [1.165, 1.54) is 12.1 Å². The molecule has 0 bridgehead atoms. The molecule has 1 N–H and O–H groups in total. The van der Waals surface area contributed by atoms with Crippen molar-refractivity contribution in [1.29, 1.82) is 0 Å². The lowest BCUT2D eigenvalue weighted by molar-refractivity contribution is -0.128. The zero-order valence-electron chi connectivity index (χ0n) is 13.4. The van der Waals surface area contributed by atoms with Crippen LogP contribution in [0, 0.1) is 17.6 Å². The largest absolute Gasteiger partial charge is 0.376 e. The monoisotopic (exact) mass is 324 g/mol. The van der Waals surface area contributed by atoms with Gasteiger partial charge in [-0.1, -0.05) is 6.07 Å². The van der Waals surface area contributed by atoms with E-state index in [4.69, 9.17) is 4.74 Å². The van der Waals surface area contributed by atoms with Gasteiger partial charge in [0.1, 0.15) is 11.6 Å². The van der Waals surface area contributed by atoms with Crippen molar-refractivity contribution < 1.29 is 18.3 Å². The van der Waals surface area contributed by atoms with Gasteiger partial charge in [0.25, 0.3) is 0 Å². The predicted molar refractivity (Wildman–Crippen MR) is 81.9 cm³/mol. The van der Waals surface area contributed by atoms with Crippen molar-refractivity contribution in [1.82, 2.24) is 10.2 Å². The second-order valence-corrected chi connectivity index (χ2v) is 6.57. The zero-order chi connectivity index (χ0) is 16.6. The second-order valence-electron chi connectivity index (χ2n) is 6.57. The maximum absolute atomic E-state index is 13.6. The first kappa shape index (κ1) is 16.3. The summed E-state index contributed by atoms with van der Waals surface area (Å²) >= 11 is 0. The van der Waals surface area contributed by atoms with Crippen LogP contribution in [0.5, 0.6) is 0 Å². The van der Waals surface area contributed by atoms with Gasteiger partial charge in [-0.2, -0.15) is 0 Å². The summed E-state index contributed by atoms with van der Waals surface area (Å²) in [5.74, 6) is -0.937. The molecule has 126 valence electrons. The summed E-state index contributed by atoms with van der Waals surface area (Å²) in [5.41, 5.74) is 0.362. The molecule has 3 rings (SSSR count). The molecule has 1 saturated heterocycles. The molecule has 1 aliphatic heterocycles. The highest BCUT2D eigenvalue weighted by atomic mass is 19.1. The molecule has 4 nitrogen and oxygen atoms in total. The first-order chi connectivity index (χ1) is 11.0. The maximum atomic E-state index is 13.6. The number of halogens is 2. The van der Waals surface area contributed by atoms with Crippen LogP contribution in [0.15, 0.2) is 18.2 Å². The van der Waals surface area contributed by atoms with Crippen LogP contribution in [-0.2, 0) is 16.0 Å². The molecule has 2 fully saturated rings. The second kappa shape index (κ2) is 6.53. The Kier molecular flexibility index (Phi) is 4.64. The summed E-state index contributed by atoms with van der Waals surface area (Å²) in [6.07, 6.45) is 1.62. The van der Waals surface area contributed by atoms with Gasteiger partial charge >= 0.3 is 0 Å². The third-order valence-corrected chi connectivity index (χ3v) is 4.91. The number of likely N-dealkylation sites (N-methyl/N-ethyl adjacent to an activating group) is 1. The highest BCUT2D eigenvalue weighted by molar-refractivity contribution is 5.77. The van der Waals surface area contributed by atoms with Gasteiger partial charge in [0.05, 0.1) is 18.2 Å². The Morgan fingerprint density at radius 2 is 2.17 bits per heavy atom. The van der Waals surface area contributed by atoms with Gasteiger partial charge in [-0.25, -0.2) is 8.78 Å². The van der Waals surface area contributed by atoms with Crippen LogP contribution in [0.25, 0.3) is 0 Å². The molecule has 23 heavy (non-hydrogen) atoms. The summed E-state index contributed by atoms with van der Waals surface area (Å²) in [5, 5.41) is 3.06. The minimum absolute atomic E-state index is 0.0862. The molecule has 1 aromatic rings. The third-order valence-electron chi connectivity index (χ3n) is 4.91. The fourth-order valence-electron chi connectivity index (χ4n) is 3.71. The molecule has 4 atom stereocenters. The molecule has 6 heteroatoms. The smallest absolute Gasteiger partial charge is 0.220 e. The number of nitrogens with zero attached hydrogens (tertiary/aromatic N) is 1. The summed E-state index contributed by atoms with van der Waals surface area (Å²) in [6, 6.07) is 3.73. The van der Waals surface area contributed by atoms with Crippen LogP contribution in [0.1, 0.15) is 18.4 Å². The Hall–Kier alpha value is -1.53. The number of aryl methyl sites for hydroxylation is 1. The Labute approximate surface area is 134 Å². The molecular weight excluding hydrogens is 302 g/mol. The normalized spacial score (nSPS) is 29.3. The molecule has 1 amide bonds. The fraction of sp³-hybridized carbons (Fsp3) is 0.588. The SMILES string of the molecule is CN(C)[C@@H]1[C@@H](NC(=O)CCc2ccc(F)cc2F)[C@H]2CCO[C@H]21. The quantitative estimate of drug-likeness (QED) is 0.897. The predicted octanol–water partition coefficient (Wildman–Crippen LogP) is 1.73. The average Bonchev–Trinajstić information content (AvgIpc) is 2.87. The van der Waals surface area contributed by atoms with E-state index in [0.29, 0.717) is 11.5 Å². The van der Waals surface area contributed by atoms with Gasteiger partial charge in [0.15, 0.2) is 0 Å². The number of rotatable bonds is 5. The van der Waals surface area contributed by atoms with Gasteiger partial charge in [-0.3, -0.25) is 4.79 Å². The van der Waals surface area contributed by atoms with E-state index in [2.05, 4.69) is 10.2 Å². The minimum Gasteiger partial charge on any atom is -0.376 e. The topological polar surface area (TPSA) is 41.6 Å². The van der Waals surface area contributed by atoms with E-state index in [0.717, 1.165) is 19.1 Å². The van der Waals surface area contributed by atoms with Gasteiger partial charge < -0.3 is 15.0 Å². The highest BCUT2D eigenvalue weighted by Crippen LogP contribution is 2.41. The van der Waals surface area contributed by atoms with E-state index < -0.39 is 11.6 Å². The Morgan fingerprint density at radius 3 is 2.87 bits per heavy atom. The number of carbonyl (C=O) groups is 1. The molecule has 2 aliphatic rings. The molecule has 0 aromatic heterocycles. The number of ether oxygens (including phenoxy) is 1. The Morgan fingerprint density at radius 1 is 1.39 bits per heavy atom. The molecule has 0 spiro atoms. The van der Waals surface area contributed by atoms with E-state index >= 15 is 0 Å². The summed E-state index contributed by atoms with van der Waals surface area (Å²) in [7, 11) is 3.96. The fourth-order valence-corrected chi connectivity index (χ4v) is 3.71. The number of amides is 1. The number of carbonyl (C=O) groups excluding carboxylic acids is 1. The van der Waals surface area contributed by atoms with Crippen molar-refractivity contribution in [3.8, 4) is 0 Å². The van der Waals surface area contributed by atoms with Crippen molar-refractivity contribution in [3.05, 3.63) is 35.4 Å². The number of fused-ring (bicyclic) bond motifs is 1. The van der Waals surface area contributed by atoms with E-state index in [9.17, 15) is 13.6 Å². The minimum atomic E-state index is -0.605. The van der Waals surface area contributed by atoms with Crippen molar-refractivity contribution >= 4 is 5.91 Å². The Balaban J connectivity index is 1.55. The molecule has 1 heterocycles. The Bertz CT molecular complexity index is 594. The lowest BCUT2D eigenvalue weighted by Gasteiger charge is -2.50. The maximum Gasteiger partial charge on any atom is 0.220 e. The summed E-state index contributed by atoms with van der Waals surface area (Å²) in [6.45, 7) is 0.743. The van der Waals surface area contributed by atoms with Crippen LogP contribution < -0.4 is 5.32 Å². The van der Waals surface area contributed by atoms with Gasteiger partial charge in [-0.05, 0) is 38.6 Å². The molecule has 1 aromatic carbocycles. The summed E-state index contributed by atoms with van der Waals surface area (Å²) in [4.78, 5) is 14.3. The van der Waals surface area contributed by atoms with Crippen molar-refractivity contribution in [2.75, 3.05) is 20.7 Å². The van der Waals surface area contributed by atoms with Gasteiger partial charge in [-0.15, -0.1) is 0 Å². The molecule has 1 aliphatic carbocycles. The van der Waals surface area contributed by atoms with Crippen LogP contribution in [0.2, 0.25) is 0 Å². The van der Waals surface area contributed by atoms with E-state index in [-0.39, 0.29) is 36.9 Å². The first-order valence-electron chi connectivity index (χ1n) is 7.98. The lowest BCUT2D eigenvalue weighted by atomic mass is 9.71. The number of hydrogen-bond donors (Lipinski definition) is 1. The highest BCUT2D eigenvalue weighted by Gasteiger charge is 2.55. The zero-order valence-corrected chi connectivity index (χ0v) is 13.4. The van der Waals surface area contributed by atoms with Crippen molar-refractivity contribution in [2.24, 2.45) is 5.92 Å². The van der Waals surface area contributed by atoms with Crippen molar-refractivity contribution in [3.63, 3.8) is 0 Å². The van der Waals surface area contributed by atoms with Gasteiger partial charge in [0.2, 0.25) is 5.91 Å². The number of nitrogens with one attached hydrogen (secondary N) is 1. The van der Waals surface area contributed by atoms with Gasteiger partial charge in [0, 0.05) is 25.0 Å². The molecule has 0 unspecified atom stereocenters. The number of hydrogen-bond acceptors (Lipinski definition) is 3.